The summed E-state index contributed by atoms with van der Waals surface area (Å²) in [6.07, 6.45) is 0. The summed E-state index contributed by atoms with van der Waals surface area (Å²) in [6, 6.07) is 4.68. The fraction of sp³-hybridized carbons (Fsp3) is 0.200. The number of pyridine rings is 1. The van der Waals surface area contributed by atoms with Crippen molar-refractivity contribution in [3.05, 3.63) is 49.6 Å². The first-order valence-corrected chi connectivity index (χ1v) is 7.48. The molecule has 0 aliphatic heterocycles. The van der Waals surface area contributed by atoms with E-state index in [0.717, 1.165) is 0 Å². The van der Waals surface area contributed by atoms with Gasteiger partial charge in [-0.2, -0.15) is 0 Å². The number of anilines is 1. The first kappa shape index (κ1) is 18.0. The van der Waals surface area contributed by atoms with Crippen LogP contribution in [0.1, 0.15) is 16.1 Å². The van der Waals surface area contributed by atoms with E-state index in [9.17, 15) is 14.9 Å². The number of halogens is 2. The molecule has 2 aromatic rings. The maximum atomic E-state index is 12.2. The molecule has 24 heavy (non-hydrogen) atoms. The van der Waals surface area contributed by atoms with Crippen LogP contribution < -0.4 is 5.32 Å². The van der Waals surface area contributed by atoms with E-state index in [1.54, 1.807) is 25.1 Å². The molecule has 9 heteroatoms. The summed E-state index contributed by atoms with van der Waals surface area (Å²) in [5.41, 5.74) is 0.109. The minimum atomic E-state index is -0.753. The Balaban J connectivity index is 3.03. The molecule has 0 unspecified atom stereocenters. The molecule has 0 aliphatic carbocycles. The molecular weight excluding hydrogens is 357 g/mol. The number of ether oxygens (including phenoxy) is 1. The van der Waals surface area contributed by atoms with Crippen LogP contribution in [0.15, 0.2) is 18.2 Å². The van der Waals surface area contributed by atoms with Crippen LogP contribution in [0.5, 0.6) is 0 Å². The van der Waals surface area contributed by atoms with Crippen LogP contribution in [0.2, 0.25) is 10.0 Å². The standard InChI is InChI=1S/C15H13Cl2N3O4/c1-7-10(15(21)24-3)11(8-5-4-6-9(16)12(8)17)13(20(22)23)14(18-2)19-7/h4-6H,1-3H3,(H,18,19). The minimum absolute atomic E-state index is 0.0104. The van der Waals surface area contributed by atoms with Crippen molar-refractivity contribution in [2.75, 3.05) is 19.5 Å². The Morgan fingerprint density at radius 1 is 1.38 bits per heavy atom. The van der Waals surface area contributed by atoms with E-state index in [2.05, 4.69) is 10.3 Å². The van der Waals surface area contributed by atoms with E-state index >= 15 is 0 Å². The van der Waals surface area contributed by atoms with Gasteiger partial charge in [-0.15, -0.1) is 0 Å². The van der Waals surface area contributed by atoms with Crippen molar-refractivity contribution in [2.45, 2.75) is 6.92 Å². The number of benzene rings is 1. The molecule has 7 nitrogen and oxygen atoms in total. The molecule has 0 fully saturated rings. The minimum Gasteiger partial charge on any atom is -0.465 e. The maximum absolute atomic E-state index is 12.2. The fourth-order valence-corrected chi connectivity index (χ4v) is 2.75. The van der Waals surface area contributed by atoms with E-state index in [1.165, 1.54) is 14.2 Å². The molecule has 0 bridgehead atoms. The SMILES string of the molecule is CNc1nc(C)c(C(=O)OC)c(-c2cccc(Cl)c2Cl)c1[N+](=O)[O-]. The van der Waals surface area contributed by atoms with Crippen LogP contribution in [0, 0.1) is 17.0 Å². The third-order valence-corrected chi connectivity index (χ3v) is 4.20. The number of nitrogens with zero attached hydrogens (tertiary/aromatic N) is 2. The monoisotopic (exact) mass is 369 g/mol. The van der Waals surface area contributed by atoms with Gasteiger partial charge in [0, 0.05) is 12.6 Å². The van der Waals surface area contributed by atoms with Gasteiger partial charge in [0.05, 0.1) is 38.9 Å². The Kier molecular flexibility index (Phi) is 5.26. The lowest BCUT2D eigenvalue weighted by Crippen LogP contribution is -2.12. The van der Waals surface area contributed by atoms with Crippen molar-refractivity contribution in [2.24, 2.45) is 0 Å². The van der Waals surface area contributed by atoms with Crippen molar-refractivity contribution in [1.82, 2.24) is 4.98 Å². The van der Waals surface area contributed by atoms with Crippen molar-refractivity contribution >= 4 is 40.7 Å². The average molecular weight is 370 g/mol. The number of hydrogen-bond donors (Lipinski definition) is 1. The Bertz CT molecular complexity index is 840. The van der Waals surface area contributed by atoms with Gasteiger partial charge in [-0.3, -0.25) is 10.1 Å². The molecule has 1 aromatic heterocycles. The van der Waals surface area contributed by atoms with Gasteiger partial charge in [0.2, 0.25) is 5.82 Å². The average Bonchev–Trinajstić information content (AvgIpc) is 2.55. The first-order chi connectivity index (χ1) is 11.3. The fourth-order valence-electron chi connectivity index (χ4n) is 2.36. The number of aromatic nitrogens is 1. The van der Waals surface area contributed by atoms with Crippen molar-refractivity contribution in [3.63, 3.8) is 0 Å². The zero-order valence-electron chi connectivity index (χ0n) is 13.0. The second kappa shape index (κ2) is 7.02. The number of rotatable bonds is 4. The van der Waals surface area contributed by atoms with Crippen LogP contribution in [-0.4, -0.2) is 30.0 Å². The van der Waals surface area contributed by atoms with E-state index in [4.69, 9.17) is 27.9 Å². The maximum Gasteiger partial charge on any atom is 0.340 e. The van der Waals surface area contributed by atoms with Gasteiger partial charge >= 0.3 is 11.7 Å². The lowest BCUT2D eigenvalue weighted by molar-refractivity contribution is -0.383. The molecule has 1 N–H and O–H groups in total. The number of methoxy groups -OCH3 is 1. The second-order valence-corrected chi connectivity index (χ2v) is 5.53. The van der Waals surface area contributed by atoms with Crippen LogP contribution in [0.25, 0.3) is 11.1 Å². The topological polar surface area (TPSA) is 94.4 Å². The van der Waals surface area contributed by atoms with E-state index < -0.39 is 10.9 Å². The molecule has 0 saturated heterocycles. The second-order valence-electron chi connectivity index (χ2n) is 4.74. The van der Waals surface area contributed by atoms with E-state index in [0.29, 0.717) is 0 Å². The number of aryl methyl sites for hydroxylation is 1. The van der Waals surface area contributed by atoms with Gasteiger partial charge in [0.1, 0.15) is 0 Å². The largest absolute Gasteiger partial charge is 0.465 e. The van der Waals surface area contributed by atoms with Crippen LogP contribution in [0.4, 0.5) is 11.5 Å². The molecule has 1 aromatic carbocycles. The summed E-state index contributed by atoms with van der Waals surface area (Å²) in [6.45, 7) is 1.55. The third-order valence-electron chi connectivity index (χ3n) is 3.38. The summed E-state index contributed by atoms with van der Waals surface area (Å²) in [5, 5.41) is 14.6. The predicted molar refractivity (Wildman–Crippen MR) is 92.0 cm³/mol. The number of hydrogen-bond acceptors (Lipinski definition) is 6. The van der Waals surface area contributed by atoms with Crippen LogP contribution in [0.3, 0.4) is 0 Å². The summed E-state index contributed by atoms with van der Waals surface area (Å²) in [4.78, 5) is 27.3. The molecule has 126 valence electrons. The quantitative estimate of drug-likeness (QED) is 0.495. The Labute approximate surface area is 147 Å². The Morgan fingerprint density at radius 2 is 2.04 bits per heavy atom. The van der Waals surface area contributed by atoms with Crippen LogP contribution >= 0.6 is 23.2 Å². The summed E-state index contributed by atoms with van der Waals surface area (Å²) >= 11 is 12.3. The molecule has 0 saturated carbocycles. The molecule has 0 spiro atoms. The summed E-state index contributed by atoms with van der Waals surface area (Å²) < 4.78 is 4.76. The zero-order valence-corrected chi connectivity index (χ0v) is 14.5. The molecule has 0 atom stereocenters. The predicted octanol–water partition coefficient (Wildman–Crippen LogP) is 4.10. The Hall–Kier alpha value is -2.38. The number of nitro groups is 1. The molecule has 0 radical (unpaired) electrons. The molecule has 0 amide bonds. The van der Waals surface area contributed by atoms with E-state index in [1.807, 2.05) is 0 Å². The Morgan fingerprint density at radius 3 is 2.58 bits per heavy atom. The van der Waals surface area contributed by atoms with Gasteiger partial charge in [-0.1, -0.05) is 35.3 Å². The molecular formula is C15H13Cl2N3O4. The first-order valence-electron chi connectivity index (χ1n) is 6.72. The van der Waals surface area contributed by atoms with Crippen molar-refractivity contribution in [1.29, 1.82) is 0 Å². The smallest absolute Gasteiger partial charge is 0.340 e. The van der Waals surface area contributed by atoms with Crippen molar-refractivity contribution in [3.8, 4) is 11.1 Å². The highest BCUT2D eigenvalue weighted by Gasteiger charge is 2.32. The number of carbonyl (C=O) groups excluding carboxylic acids is 1. The van der Waals surface area contributed by atoms with Gasteiger partial charge in [-0.25, -0.2) is 9.78 Å². The highest BCUT2D eigenvalue weighted by atomic mass is 35.5. The third kappa shape index (κ3) is 3.00. The molecule has 1 heterocycles. The lowest BCUT2D eigenvalue weighted by atomic mass is 9.96. The molecule has 2 rings (SSSR count). The van der Waals surface area contributed by atoms with Gasteiger partial charge < -0.3 is 10.1 Å². The van der Waals surface area contributed by atoms with Gasteiger partial charge in [-0.05, 0) is 13.0 Å². The zero-order chi connectivity index (χ0) is 18.0. The van der Waals surface area contributed by atoms with Gasteiger partial charge in [0.25, 0.3) is 0 Å². The summed E-state index contributed by atoms with van der Waals surface area (Å²) in [7, 11) is 2.68. The highest BCUT2D eigenvalue weighted by molar-refractivity contribution is 6.44. The number of nitrogens with one attached hydrogen (secondary N) is 1. The molecule has 0 aliphatic rings. The summed E-state index contributed by atoms with van der Waals surface area (Å²) in [5.74, 6) is -0.743. The number of carbonyl (C=O) groups is 1. The van der Waals surface area contributed by atoms with Crippen molar-refractivity contribution < 1.29 is 14.5 Å². The van der Waals surface area contributed by atoms with Crippen LogP contribution in [-0.2, 0) is 4.74 Å². The normalized spacial score (nSPS) is 10.4. The number of esters is 1. The highest BCUT2D eigenvalue weighted by Crippen LogP contribution is 2.43. The van der Waals surface area contributed by atoms with Gasteiger partial charge in [0.15, 0.2) is 0 Å². The lowest BCUT2D eigenvalue weighted by Gasteiger charge is -2.15. The van der Waals surface area contributed by atoms with E-state index in [-0.39, 0.29) is 43.9 Å².